The summed E-state index contributed by atoms with van der Waals surface area (Å²) >= 11 is 12.3. The lowest BCUT2D eigenvalue weighted by molar-refractivity contribution is 0.302. The van der Waals surface area contributed by atoms with Crippen LogP contribution >= 0.6 is 35.6 Å². The summed E-state index contributed by atoms with van der Waals surface area (Å²) < 4.78 is 11.5. The molecule has 3 nitrogen and oxygen atoms in total. The van der Waals surface area contributed by atoms with Gasteiger partial charge >= 0.3 is 0 Å². The van der Waals surface area contributed by atoms with E-state index in [9.17, 15) is 0 Å². The van der Waals surface area contributed by atoms with Crippen LogP contribution in [0.25, 0.3) is 10.8 Å². The fraction of sp³-hybridized carbons (Fsp3) is 0.130. The molecule has 0 bridgehead atoms. The van der Waals surface area contributed by atoms with Gasteiger partial charge in [-0.05, 0) is 41.1 Å². The number of hydrogen-bond donors (Lipinski definition) is 1. The van der Waals surface area contributed by atoms with Crippen molar-refractivity contribution in [2.45, 2.75) is 19.7 Å². The monoisotopic (exact) mass is 447 g/mol. The molecule has 0 saturated carbocycles. The van der Waals surface area contributed by atoms with Crippen molar-refractivity contribution < 1.29 is 9.15 Å². The standard InChI is InChI=1S/C23H19Cl2NO2.ClH/c24-18-9-7-17(22(25)12-18)15-28-23-10-8-16-4-1-2-6-20(16)21(23)14-26-13-19-5-3-11-27-19;/h1-12,26H,13-15H2;1H. The zero-order chi connectivity index (χ0) is 19.3. The Kier molecular flexibility index (Phi) is 7.45. The summed E-state index contributed by atoms with van der Waals surface area (Å²) in [5.74, 6) is 1.73. The van der Waals surface area contributed by atoms with Gasteiger partial charge in [-0.1, -0.05) is 59.6 Å². The zero-order valence-electron chi connectivity index (χ0n) is 15.5. The van der Waals surface area contributed by atoms with E-state index in [1.807, 2.05) is 42.5 Å². The number of nitrogens with one attached hydrogen (secondary N) is 1. The first-order valence-corrected chi connectivity index (χ1v) is 9.77. The number of halogens is 3. The van der Waals surface area contributed by atoms with E-state index in [0.29, 0.717) is 29.7 Å². The normalized spacial score (nSPS) is 10.7. The molecule has 0 atom stereocenters. The van der Waals surface area contributed by atoms with Crippen molar-refractivity contribution >= 4 is 46.4 Å². The van der Waals surface area contributed by atoms with Crippen LogP contribution in [0.5, 0.6) is 5.75 Å². The van der Waals surface area contributed by atoms with E-state index >= 15 is 0 Å². The van der Waals surface area contributed by atoms with Crippen LogP contribution in [0.2, 0.25) is 10.0 Å². The van der Waals surface area contributed by atoms with Crippen molar-refractivity contribution in [2.75, 3.05) is 0 Å². The Hall–Kier alpha value is -2.17. The third-order valence-corrected chi connectivity index (χ3v) is 5.16. The molecule has 29 heavy (non-hydrogen) atoms. The van der Waals surface area contributed by atoms with Crippen molar-refractivity contribution in [3.05, 3.63) is 99.9 Å². The molecular weight excluding hydrogens is 429 g/mol. The van der Waals surface area contributed by atoms with E-state index in [4.69, 9.17) is 32.4 Å². The summed E-state index contributed by atoms with van der Waals surface area (Å²) in [5.41, 5.74) is 2.00. The molecule has 0 aliphatic rings. The van der Waals surface area contributed by atoms with Crippen LogP contribution in [-0.2, 0) is 19.7 Å². The molecule has 0 radical (unpaired) electrons. The molecule has 4 rings (SSSR count). The highest BCUT2D eigenvalue weighted by Crippen LogP contribution is 2.30. The van der Waals surface area contributed by atoms with Gasteiger partial charge in [0.1, 0.15) is 18.1 Å². The summed E-state index contributed by atoms with van der Waals surface area (Å²) in [6.45, 7) is 1.68. The Balaban J connectivity index is 0.00000240. The SMILES string of the molecule is Cl.Clc1ccc(COc2ccc3ccccc3c2CNCc2ccco2)c(Cl)c1. The summed E-state index contributed by atoms with van der Waals surface area (Å²) in [5, 5.41) is 6.99. The van der Waals surface area contributed by atoms with Crippen LogP contribution in [0.1, 0.15) is 16.9 Å². The van der Waals surface area contributed by atoms with E-state index < -0.39 is 0 Å². The molecule has 6 heteroatoms. The number of rotatable bonds is 7. The smallest absolute Gasteiger partial charge is 0.124 e. The second-order valence-corrected chi connectivity index (χ2v) is 7.31. The molecule has 3 aromatic carbocycles. The maximum absolute atomic E-state index is 6.28. The maximum Gasteiger partial charge on any atom is 0.124 e. The summed E-state index contributed by atoms with van der Waals surface area (Å²) in [7, 11) is 0. The second-order valence-electron chi connectivity index (χ2n) is 6.47. The minimum atomic E-state index is 0. The van der Waals surface area contributed by atoms with Crippen LogP contribution in [0.4, 0.5) is 0 Å². The minimum Gasteiger partial charge on any atom is -0.488 e. The summed E-state index contributed by atoms with van der Waals surface area (Å²) in [6.07, 6.45) is 1.68. The van der Waals surface area contributed by atoms with Gasteiger partial charge in [-0.15, -0.1) is 12.4 Å². The Morgan fingerprint density at radius 3 is 2.55 bits per heavy atom. The van der Waals surface area contributed by atoms with Crippen molar-refractivity contribution in [2.24, 2.45) is 0 Å². The lowest BCUT2D eigenvalue weighted by Gasteiger charge is -2.15. The van der Waals surface area contributed by atoms with Gasteiger partial charge in [-0.25, -0.2) is 0 Å². The number of ether oxygens (including phenoxy) is 1. The first-order chi connectivity index (χ1) is 13.7. The Morgan fingerprint density at radius 2 is 1.76 bits per heavy atom. The fourth-order valence-corrected chi connectivity index (χ4v) is 3.61. The van der Waals surface area contributed by atoms with Gasteiger partial charge in [0.2, 0.25) is 0 Å². The Labute approximate surface area is 186 Å². The van der Waals surface area contributed by atoms with Gasteiger partial charge in [-0.3, -0.25) is 0 Å². The lowest BCUT2D eigenvalue weighted by Crippen LogP contribution is -2.13. The molecule has 0 saturated heterocycles. The van der Waals surface area contributed by atoms with Crippen LogP contribution in [0.15, 0.2) is 77.4 Å². The summed E-state index contributed by atoms with van der Waals surface area (Å²) in [6, 6.07) is 21.7. The molecule has 0 aliphatic heterocycles. The number of benzene rings is 3. The maximum atomic E-state index is 6.28. The highest BCUT2D eigenvalue weighted by molar-refractivity contribution is 6.35. The molecule has 1 aromatic heterocycles. The van der Waals surface area contributed by atoms with Crippen LogP contribution in [-0.4, -0.2) is 0 Å². The van der Waals surface area contributed by atoms with Crippen LogP contribution in [0, 0.1) is 0 Å². The number of hydrogen-bond acceptors (Lipinski definition) is 3. The molecule has 150 valence electrons. The lowest BCUT2D eigenvalue weighted by atomic mass is 10.0. The third kappa shape index (κ3) is 5.26. The molecule has 0 amide bonds. The average molecular weight is 449 g/mol. The first kappa shape index (κ1) is 21.5. The van der Waals surface area contributed by atoms with Gasteiger partial charge < -0.3 is 14.5 Å². The minimum absolute atomic E-state index is 0. The van der Waals surface area contributed by atoms with Crippen molar-refractivity contribution in [1.29, 1.82) is 0 Å². The van der Waals surface area contributed by atoms with Gasteiger partial charge in [0.05, 0.1) is 12.8 Å². The quantitative estimate of drug-likeness (QED) is 0.329. The molecular formula is C23H20Cl3NO2. The largest absolute Gasteiger partial charge is 0.488 e. The van der Waals surface area contributed by atoms with Gasteiger partial charge in [-0.2, -0.15) is 0 Å². The summed E-state index contributed by atoms with van der Waals surface area (Å²) in [4.78, 5) is 0. The van der Waals surface area contributed by atoms with Gasteiger partial charge in [0.15, 0.2) is 0 Å². The van der Waals surface area contributed by atoms with Gasteiger partial charge in [0.25, 0.3) is 0 Å². The third-order valence-electron chi connectivity index (χ3n) is 4.58. The van der Waals surface area contributed by atoms with Crippen molar-refractivity contribution in [1.82, 2.24) is 5.32 Å². The Bertz CT molecular complexity index is 1080. The molecule has 4 aromatic rings. The first-order valence-electron chi connectivity index (χ1n) is 9.01. The zero-order valence-corrected chi connectivity index (χ0v) is 17.9. The van der Waals surface area contributed by atoms with Crippen molar-refractivity contribution in [3.63, 3.8) is 0 Å². The van der Waals surface area contributed by atoms with E-state index in [2.05, 4.69) is 23.5 Å². The fourth-order valence-electron chi connectivity index (χ4n) is 3.15. The molecule has 0 spiro atoms. The van der Waals surface area contributed by atoms with Crippen LogP contribution in [0.3, 0.4) is 0 Å². The Morgan fingerprint density at radius 1 is 0.897 bits per heavy atom. The second kappa shape index (κ2) is 10.0. The predicted molar refractivity (Wildman–Crippen MR) is 121 cm³/mol. The highest BCUT2D eigenvalue weighted by atomic mass is 35.5. The van der Waals surface area contributed by atoms with E-state index in [0.717, 1.165) is 28.0 Å². The topological polar surface area (TPSA) is 34.4 Å². The predicted octanol–water partition coefficient (Wildman–Crippen LogP) is 7.03. The van der Waals surface area contributed by atoms with E-state index in [-0.39, 0.29) is 12.4 Å². The van der Waals surface area contributed by atoms with Gasteiger partial charge in [0, 0.05) is 27.7 Å². The highest BCUT2D eigenvalue weighted by Gasteiger charge is 2.11. The molecule has 1 N–H and O–H groups in total. The molecule has 1 heterocycles. The van der Waals surface area contributed by atoms with E-state index in [1.54, 1.807) is 12.3 Å². The van der Waals surface area contributed by atoms with Crippen molar-refractivity contribution in [3.8, 4) is 5.75 Å². The molecule has 0 fully saturated rings. The number of furan rings is 1. The molecule has 0 aliphatic carbocycles. The van der Waals surface area contributed by atoms with Crippen LogP contribution < -0.4 is 10.1 Å². The number of fused-ring (bicyclic) bond motifs is 1. The average Bonchev–Trinajstić information content (AvgIpc) is 3.21. The molecule has 0 unspecified atom stereocenters. The van der Waals surface area contributed by atoms with E-state index in [1.165, 1.54) is 5.39 Å².